The molecule has 2 atom stereocenters. The van der Waals surface area contributed by atoms with Gasteiger partial charge in [-0.15, -0.1) is 0 Å². The van der Waals surface area contributed by atoms with Crippen molar-refractivity contribution in [2.24, 2.45) is 5.14 Å². The van der Waals surface area contributed by atoms with Gasteiger partial charge in [0.15, 0.2) is 0 Å². The van der Waals surface area contributed by atoms with E-state index in [-0.39, 0.29) is 16.8 Å². The fourth-order valence-corrected chi connectivity index (χ4v) is 2.85. The molecule has 1 amide bonds. The lowest BCUT2D eigenvalue weighted by molar-refractivity contribution is -0.117. The fraction of sp³-hybridized carbons (Fsp3) is 0.235. The summed E-state index contributed by atoms with van der Waals surface area (Å²) < 4.78 is 22.7. The van der Waals surface area contributed by atoms with Gasteiger partial charge in [0.2, 0.25) is 15.9 Å². The Morgan fingerprint density at radius 1 is 1.04 bits per heavy atom. The first-order valence-corrected chi connectivity index (χ1v) is 9.07. The molecule has 0 heterocycles. The van der Waals surface area contributed by atoms with Crippen molar-refractivity contribution in [3.05, 3.63) is 60.2 Å². The minimum absolute atomic E-state index is 0.00250. The molecule has 7 heteroatoms. The zero-order chi connectivity index (χ0) is 17.7. The molecule has 0 fully saturated rings. The van der Waals surface area contributed by atoms with Gasteiger partial charge in [-0.1, -0.05) is 36.4 Å². The molecule has 4 N–H and O–H groups in total. The van der Waals surface area contributed by atoms with E-state index in [1.165, 1.54) is 18.2 Å². The van der Waals surface area contributed by atoms with E-state index >= 15 is 0 Å². The molecule has 0 radical (unpaired) electrons. The van der Waals surface area contributed by atoms with Crippen molar-refractivity contribution in [2.45, 2.75) is 30.8 Å². The molecule has 0 saturated carbocycles. The van der Waals surface area contributed by atoms with Gasteiger partial charge in [-0.05, 0) is 37.6 Å². The predicted octanol–water partition coefficient (Wildman–Crippen LogP) is 2.01. The molecule has 0 aromatic heterocycles. The number of nitrogens with one attached hydrogen (secondary N) is 2. The molecule has 0 bridgehead atoms. The standard InChI is InChI=1S/C17H21N3O3S/c1-12(14-7-4-3-5-8-14)19-13(2)17(21)20-15-9-6-10-16(11-15)24(18,22)23/h3-13,19H,1-2H3,(H,20,21)(H2,18,22,23)/t12-,13-/m0/s1. The smallest absolute Gasteiger partial charge is 0.241 e. The highest BCUT2D eigenvalue weighted by atomic mass is 32.2. The van der Waals surface area contributed by atoms with Crippen LogP contribution in [0.15, 0.2) is 59.5 Å². The maximum Gasteiger partial charge on any atom is 0.241 e. The third-order valence-electron chi connectivity index (χ3n) is 3.62. The molecule has 2 rings (SSSR count). The number of sulfonamides is 1. The number of carbonyl (C=O) groups is 1. The minimum Gasteiger partial charge on any atom is -0.325 e. The normalized spacial score (nSPS) is 14.0. The number of amides is 1. The lowest BCUT2D eigenvalue weighted by Gasteiger charge is -2.20. The highest BCUT2D eigenvalue weighted by Gasteiger charge is 2.17. The lowest BCUT2D eigenvalue weighted by atomic mass is 10.1. The Morgan fingerprint density at radius 2 is 1.71 bits per heavy atom. The number of rotatable bonds is 6. The highest BCUT2D eigenvalue weighted by molar-refractivity contribution is 7.89. The van der Waals surface area contributed by atoms with Crippen molar-refractivity contribution in [1.29, 1.82) is 0 Å². The van der Waals surface area contributed by atoms with E-state index in [0.717, 1.165) is 5.56 Å². The van der Waals surface area contributed by atoms with Crippen molar-refractivity contribution in [3.63, 3.8) is 0 Å². The molecule has 0 saturated heterocycles. The molecule has 0 aliphatic carbocycles. The van der Waals surface area contributed by atoms with Gasteiger partial charge in [0.1, 0.15) is 0 Å². The van der Waals surface area contributed by atoms with Crippen LogP contribution in [0.25, 0.3) is 0 Å². The van der Waals surface area contributed by atoms with E-state index in [4.69, 9.17) is 5.14 Å². The van der Waals surface area contributed by atoms with Gasteiger partial charge < -0.3 is 5.32 Å². The molecule has 0 unspecified atom stereocenters. The van der Waals surface area contributed by atoms with Crippen molar-refractivity contribution in [2.75, 3.05) is 5.32 Å². The molecule has 6 nitrogen and oxygen atoms in total. The van der Waals surface area contributed by atoms with E-state index in [1.54, 1.807) is 13.0 Å². The fourth-order valence-electron chi connectivity index (χ4n) is 2.29. The van der Waals surface area contributed by atoms with Crippen LogP contribution < -0.4 is 15.8 Å². The average Bonchev–Trinajstić information content (AvgIpc) is 2.55. The van der Waals surface area contributed by atoms with Crippen LogP contribution in [0.1, 0.15) is 25.5 Å². The van der Waals surface area contributed by atoms with Crippen LogP contribution in [0.5, 0.6) is 0 Å². The number of hydrogen-bond acceptors (Lipinski definition) is 4. The first-order chi connectivity index (χ1) is 11.3. The number of hydrogen-bond donors (Lipinski definition) is 3. The highest BCUT2D eigenvalue weighted by Crippen LogP contribution is 2.15. The molecular formula is C17H21N3O3S. The molecule has 2 aromatic carbocycles. The summed E-state index contributed by atoms with van der Waals surface area (Å²) in [7, 11) is -3.80. The SMILES string of the molecule is C[C@H](N[C@@H](C)c1ccccc1)C(=O)Nc1cccc(S(N)(=O)=O)c1. The summed E-state index contributed by atoms with van der Waals surface area (Å²) in [5, 5.41) is 11.0. The van der Waals surface area contributed by atoms with Gasteiger partial charge in [-0.25, -0.2) is 13.6 Å². The summed E-state index contributed by atoms with van der Waals surface area (Å²) in [5.74, 6) is -0.260. The van der Waals surface area contributed by atoms with Gasteiger partial charge in [0.25, 0.3) is 0 Å². The summed E-state index contributed by atoms with van der Waals surface area (Å²) in [6.45, 7) is 3.72. The van der Waals surface area contributed by atoms with Crippen LogP contribution in [0.4, 0.5) is 5.69 Å². The summed E-state index contributed by atoms with van der Waals surface area (Å²) in [5.41, 5.74) is 1.46. The first-order valence-electron chi connectivity index (χ1n) is 7.52. The van der Waals surface area contributed by atoms with Crippen LogP contribution in [0.2, 0.25) is 0 Å². The zero-order valence-corrected chi connectivity index (χ0v) is 14.4. The zero-order valence-electron chi connectivity index (χ0n) is 13.6. The van der Waals surface area contributed by atoms with Crippen molar-refractivity contribution in [1.82, 2.24) is 5.32 Å². The Hall–Kier alpha value is -2.22. The topological polar surface area (TPSA) is 101 Å². The molecule has 0 spiro atoms. The van der Waals surface area contributed by atoms with E-state index in [9.17, 15) is 13.2 Å². The Balaban J connectivity index is 2.02. The maximum absolute atomic E-state index is 12.3. The van der Waals surface area contributed by atoms with Crippen molar-refractivity contribution in [3.8, 4) is 0 Å². The summed E-state index contributed by atoms with van der Waals surface area (Å²) >= 11 is 0. The molecule has 24 heavy (non-hydrogen) atoms. The van der Waals surface area contributed by atoms with Crippen LogP contribution in [-0.4, -0.2) is 20.4 Å². The second kappa shape index (κ2) is 7.57. The minimum atomic E-state index is -3.80. The third kappa shape index (κ3) is 4.89. The number of carbonyl (C=O) groups excluding carboxylic acids is 1. The summed E-state index contributed by atoms with van der Waals surface area (Å²) in [6.07, 6.45) is 0. The number of primary sulfonamides is 1. The van der Waals surface area contributed by atoms with E-state index < -0.39 is 16.1 Å². The maximum atomic E-state index is 12.3. The second-order valence-electron chi connectivity index (χ2n) is 5.58. The second-order valence-corrected chi connectivity index (χ2v) is 7.14. The van der Waals surface area contributed by atoms with Crippen molar-refractivity contribution >= 4 is 21.6 Å². The van der Waals surface area contributed by atoms with E-state index in [2.05, 4.69) is 10.6 Å². The van der Waals surface area contributed by atoms with Gasteiger partial charge in [-0.2, -0.15) is 0 Å². The average molecular weight is 347 g/mol. The Bertz CT molecular complexity index is 807. The quantitative estimate of drug-likeness (QED) is 0.744. The lowest BCUT2D eigenvalue weighted by Crippen LogP contribution is -2.39. The molecular weight excluding hydrogens is 326 g/mol. The van der Waals surface area contributed by atoms with E-state index in [1.807, 2.05) is 37.3 Å². The van der Waals surface area contributed by atoms with Crippen LogP contribution >= 0.6 is 0 Å². The van der Waals surface area contributed by atoms with Crippen LogP contribution in [0.3, 0.4) is 0 Å². The number of benzene rings is 2. The van der Waals surface area contributed by atoms with Crippen LogP contribution in [-0.2, 0) is 14.8 Å². The summed E-state index contributed by atoms with van der Waals surface area (Å²) in [4.78, 5) is 12.2. The van der Waals surface area contributed by atoms with Gasteiger partial charge >= 0.3 is 0 Å². The molecule has 128 valence electrons. The van der Waals surface area contributed by atoms with Crippen LogP contribution in [0, 0.1) is 0 Å². The number of nitrogens with two attached hydrogens (primary N) is 1. The van der Waals surface area contributed by atoms with Gasteiger partial charge in [-0.3, -0.25) is 10.1 Å². The van der Waals surface area contributed by atoms with Gasteiger partial charge in [0, 0.05) is 11.7 Å². The monoisotopic (exact) mass is 347 g/mol. The largest absolute Gasteiger partial charge is 0.325 e. The molecule has 0 aliphatic heterocycles. The third-order valence-corrected chi connectivity index (χ3v) is 4.53. The molecule has 0 aliphatic rings. The first kappa shape index (κ1) is 18.1. The molecule has 2 aromatic rings. The Labute approximate surface area is 142 Å². The Morgan fingerprint density at radius 3 is 2.33 bits per heavy atom. The number of anilines is 1. The van der Waals surface area contributed by atoms with Gasteiger partial charge in [0.05, 0.1) is 10.9 Å². The van der Waals surface area contributed by atoms with Crippen molar-refractivity contribution < 1.29 is 13.2 Å². The Kier molecular flexibility index (Phi) is 5.71. The predicted molar refractivity (Wildman–Crippen MR) is 93.9 cm³/mol. The van der Waals surface area contributed by atoms with E-state index in [0.29, 0.717) is 5.69 Å². The summed E-state index contributed by atoms with van der Waals surface area (Å²) in [6, 6.07) is 15.2.